The second kappa shape index (κ2) is 5.95. The Kier molecular flexibility index (Phi) is 4.54. The number of rotatable bonds is 4. The van der Waals surface area contributed by atoms with Gasteiger partial charge >= 0.3 is 0 Å². The smallest absolute Gasteiger partial charge is 0.156 e. The summed E-state index contributed by atoms with van der Waals surface area (Å²) in [5.41, 5.74) is 0. The minimum atomic E-state index is 0.0657. The summed E-state index contributed by atoms with van der Waals surface area (Å²) in [4.78, 5) is 19.4. The lowest BCUT2D eigenvalue weighted by atomic mass is 10.1. The van der Waals surface area contributed by atoms with E-state index < -0.39 is 0 Å². The Morgan fingerprint density at radius 1 is 1.33 bits per heavy atom. The molecule has 1 atom stereocenters. The third-order valence-corrected chi connectivity index (χ3v) is 4.87. The first kappa shape index (κ1) is 13.7. The van der Waals surface area contributed by atoms with Crippen molar-refractivity contribution in [2.75, 3.05) is 33.7 Å². The molecule has 1 aliphatic rings. The lowest BCUT2D eigenvalue weighted by molar-refractivity contribution is -0.125. The standard InChI is InChI=1S/C14H22N2OS/c1-4-11-5-6-12(18-11)9-14(17)13-10-15(2)7-8-16(13)3/h5-6,13H,4,7-10H2,1-3H3. The summed E-state index contributed by atoms with van der Waals surface area (Å²) in [5, 5.41) is 0. The molecule has 0 bridgehead atoms. The quantitative estimate of drug-likeness (QED) is 0.828. The van der Waals surface area contributed by atoms with Crippen LogP contribution in [-0.2, 0) is 17.6 Å². The first-order valence-corrected chi connectivity index (χ1v) is 7.41. The Morgan fingerprint density at radius 2 is 2.06 bits per heavy atom. The third-order valence-electron chi connectivity index (χ3n) is 3.64. The monoisotopic (exact) mass is 266 g/mol. The van der Waals surface area contributed by atoms with E-state index in [1.165, 1.54) is 9.75 Å². The first-order valence-electron chi connectivity index (χ1n) is 6.59. The highest BCUT2D eigenvalue weighted by molar-refractivity contribution is 7.12. The van der Waals surface area contributed by atoms with Gasteiger partial charge in [-0.25, -0.2) is 0 Å². The molecule has 1 fully saturated rings. The highest BCUT2D eigenvalue weighted by Gasteiger charge is 2.28. The van der Waals surface area contributed by atoms with Gasteiger partial charge in [0.15, 0.2) is 5.78 Å². The van der Waals surface area contributed by atoms with Crippen LogP contribution in [0.5, 0.6) is 0 Å². The topological polar surface area (TPSA) is 23.6 Å². The molecule has 18 heavy (non-hydrogen) atoms. The van der Waals surface area contributed by atoms with Gasteiger partial charge in [0, 0.05) is 35.8 Å². The molecule has 0 aromatic carbocycles. The van der Waals surface area contributed by atoms with Crippen molar-refractivity contribution in [2.24, 2.45) is 0 Å². The van der Waals surface area contributed by atoms with Gasteiger partial charge < -0.3 is 4.90 Å². The molecule has 1 saturated heterocycles. The van der Waals surface area contributed by atoms with Crippen molar-refractivity contribution in [3.63, 3.8) is 0 Å². The van der Waals surface area contributed by atoms with Crippen LogP contribution < -0.4 is 0 Å². The number of nitrogens with zero attached hydrogens (tertiary/aromatic N) is 2. The van der Waals surface area contributed by atoms with Gasteiger partial charge in [-0.2, -0.15) is 0 Å². The number of hydrogen-bond acceptors (Lipinski definition) is 4. The van der Waals surface area contributed by atoms with Crippen LogP contribution in [0.1, 0.15) is 16.7 Å². The third kappa shape index (κ3) is 3.19. The van der Waals surface area contributed by atoms with E-state index in [2.05, 4.69) is 43.0 Å². The van der Waals surface area contributed by atoms with Crippen LogP contribution in [0.15, 0.2) is 12.1 Å². The minimum absolute atomic E-state index is 0.0657. The maximum absolute atomic E-state index is 12.4. The van der Waals surface area contributed by atoms with Gasteiger partial charge in [-0.05, 0) is 32.6 Å². The van der Waals surface area contributed by atoms with Gasteiger partial charge in [0.05, 0.1) is 6.04 Å². The molecule has 0 amide bonds. The van der Waals surface area contributed by atoms with Crippen molar-refractivity contribution in [3.8, 4) is 0 Å². The molecule has 0 aliphatic carbocycles. The molecular formula is C14H22N2OS. The summed E-state index contributed by atoms with van der Waals surface area (Å²) in [6, 6.07) is 4.31. The zero-order valence-corrected chi connectivity index (χ0v) is 12.3. The van der Waals surface area contributed by atoms with Gasteiger partial charge in [-0.1, -0.05) is 6.92 Å². The molecule has 1 aromatic rings. The first-order chi connectivity index (χ1) is 8.60. The maximum Gasteiger partial charge on any atom is 0.156 e. The van der Waals surface area contributed by atoms with Gasteiger partial charge in [0.25, 0.3) is 0 Å². The summed E-state index contributed by atoms with van der Waals surface area (Å²) in [5.74, 6) is 0.355. The number of Topliss-reactive ketones (excluding diaryl/α,β-unsaturated/α-hetero) is 1. The zero-order valence-electron chi connectivity index (χ0n) is 11.5. The normalized spacial score (nSPS) is 22.3. The van der Waals surface area contributed by atoms with Crippen molar-refractivity contribution in [1.29, 1.82) is 0 Å². The molecule has 2 heterocycles. The van der Waals surface area contributed by atoms with E-state index in [1.807, 2.05) is 0 Å². The number of carbonyl (C=O) groups is 1. The van der Waals surface area contributed by atoms with Crippen molar-refractivity contribution in [3.05, 3.63) is 21.9 Å². The highest BCUT2D eigenvalue weighted by Crippen LogP contribution is 2.19. The SMILES string of the molecule is CCc1ccc(CC(=O)C2CN(C)CCN2C)s1. The van der Waals surface area contributed by atoms with Gasteiger partial charge in [0.1, 0.15) is 0 Å². The van der Waals surface area contributed by atoms with Crippen LogP contribution in [-0.4, -0.2) is 55.4 Å². The van der Waals surface area contributed by atoms with E-state index in [0.717, 1.165) is 26.1 Å². The molecule has 0 spiro atoms. The number of ketones is 1. The number of thiophene rings is 1. The summed E-state index contributed by atoms with van der Waals surface area (Å²) in [7, 11) is 4.15. The summed E-state index contributed by atoms with van der Waals surface area (Å²) < 4.78 is 0. The predicted molar refractivity (Wildman–Crippen MR) is 76.3 cm³/mol. The second-order valence-electron chi connectivity index (χ2n) is 5.12. The van der Waals surface area contributed by atoms with E-state index in [4.69, 9.17) is 0 Å². The number of likely N-dealkylation sites (N-methyl/N-ethyl adjacent to an activating group) is 2. The number of aryl methyl sites for hydroxylation is 1. The molecule has 4 heteroatoms. The van der Waals surface area contributed by atoms with Crippen LogP contribution in [0.25, 0.3) is 0 Å². The molecule has 1 aromatic heterocycles. The Balaban J connectivity index is 1.98. The molecule has 3 nitrogen and oxygen atoms in total. The number of piperazine rings is 1. The van der Waals surface area contributed by atoms with Crippen LogP contribution >= 0.6 is 11.3 Å². The van der Waals surface area contributed by atoms with Crippen LogP contribution in [0.3, 0.4) is 0 Å². The maximum atomic E-state index is 12.4. The van der Waals surface area contributed by atoms with Crippen molar-refractivity contribution >= 4 is 17.1 Å². The lowest BCUT2D eigenvalue weighted by Gasteiger charge is -2.36. The highest BCUT2D eigenvalue weighted by atomic mass is 32.1. The summed E-state index contributed by atoms with van der Waals surface area (Å²) >= 11 is 1.77. The average molecular weight is 266 g/mol. The molecule has 1 aliphatic heterocycles. The lowest BCUT2D eigenvalue weighted by Crippen LogP contribution is -2.53. The summed E-state index contributed by atoms with van der Waals surface area (Å²) in [6.07, 6.45) is 1.65. The fourth-order valence-corrected chi connectivity index (χ4v) is 3.32. The largest absolute Gasteiger partial charge is 0.303 e. The molecular weight excluding hydrogens is 244 g/mol. The minimum Gasteiger partial charge on any atom is -0.303 e. The molecule has 0 N–H and O–H groups in total. The molecule has 0 saturated carbocycles. The molecule has 2 rings (SSSR count). The average Bonchev–Trinajstić information content (AvgIpc) is 2.80. The Bertz CT molecular complexity index is 416. The van der Waals surface area contributed by atoms with Crippen molar-refractivity contribution in [1.82, 2.24) is 9.80 Å². The Hall–Kier alpha value is -0.710. The predicted octanol–water partition coefficient (Wildman–Crippen LogP) is 1.67. The van der Waals surface area contributed by atoms with E-state index in [-0.39, 0.29) is 6.04 Å². The second-order valence-corrected chi connectivity index (χ2v) is 6.38. The Labute approximate surface area is 113 Å². The zero-order chi connectivity index (χ0) is 13.1. The van der Waals surface area contributed by atoms with Crippen LogP contribution in [0.4, 0.5) is 0 Å². The fourth-order valence-electron chi connectivity index (χ4n) is 2.35. The van der Waals surface area contributed by atoms with E-state index >= 15 is 0 Å². The molecule has 0 radical (unpaired) electrons. The molecule has 1 unspecified atom stereocenters. The van der Waals surface area contributed by atoms with E-state index in [9.17, 15) is 4.79 Å². The molecule has 100 valence electrons. The van der Waals surface area contributed by atoms with E-state index in [0.29, 0.717) is 12.2 Å². The van der Waals surface area contributed by atoms with Gasteiger partial charge in [-0.3, -0.25) is 9.69 Å². The van der Waals surface area contributed by atoms with Crippen molar-refractivity contribution < 1.29 is 4.79 Å². The fraction of sp³-hybridized carbons (Fsp3) is 0.643. The van der Waals surface area contributed by atoms with Crippen molar-refractivity contribution in [2.45, 2.75) is 25.8 Å². The van der Waals surface area contributed by atoms with Crippen LogP contribution in [0, 0.1) is 0 Å². The Morgan fingerprint density at radius 3 is 2.72 bits per heavy atom. The summed E-state index contributed by atoms with van der Waals surface area (Å²) in [6.45, 7) is 5.06. The number of carbonyl (C=O) groups excluding carboxylic acids is 1. The van der Waals surface area contributed by atoms with Gasteiger partial charge in [-0.15, -0.1) is 11.3 Å². The van der Waals surface area contributed by atoms with Crippen LogP contribution in [0.2, 0.25) is 0 Å². The number of hydrogen-bond donors (Lipinski definition) is 0. The van der Waals surface area contributed by atoms with Gasteiger partial charge in [0.2, 0.25) is 0 Å². The van der Waals surface area contributed by atoms with E-state index in [1.54, 1.807) is 11.3 Å².